The summed E-state index contributed by atoms with van der Waals surface area (Å²) in [4.78, 5) is 0.863. The van der Waals surface area contributed by atoms with Crippen molar-refractivity contribution in [3.8, 4) is 0 Å². The number of azo groups is 1. The second-order valence-electron chi connectivity index (χ2n) is 7.07. The summed E-state index contributed by atoms with van der Waals surface area (Å²) in [7, 11) is 0. The van der Waals surface area contributed by atoms with Crippen LogP contribution in [-0.4, -0.2) is 27.7 Å². The second-order valence-corrected chi connectivity index (χ2v) is 7.07. The van der Waals surface area contributed by atoms with Gasteiger partial charge in [-0.15, -0.1) is 0 Å². The summed E-state index contributed by atoms with van der Waals surface area (Å²) in [5.74, 6) is 0.128. The van der Waals surface area contributed by atoms with Crippen molar-refractivity contribution in [3.05, 3.63) is 5.21 Å². The van der Waals surface area contributed by atoms with E-state index in [0.29, 0.717) is 6.42 Å². The zero-order chi connectivity index (χ0) is 13.5. The van der Waals surface area contributed by atoms with Crippen molar-refractivity contribution in [1.82, 2.24) is 0 Å². The molecule has 1 heterocycles. The van der Waals surface area contributed by atoms with Crippen molar-refractivity contribution in [2.45, 2.75) is 65.5 Å². The molecule has 1 N–H and O–H groups in total. The number of hydrogen-bond donors (Lipinski definition) is 1. The van der Waals surface area contributed by atoms with Gasteiger partial charge < -0.3 is 10.3 Å². The lowest BCUT2D eigenvalue weighted by molar-refractivity contribution is -0.617. The fourth-order valence-electron chi connectivity index (χ4n) is 3.61. The van der Waals surface area contributed by atoms with Gasteiger partial charge in [0.1, 0.15) is 5.54 Å². The van der Waals surface area contributed by atoms with E-state index < -0.39 is 5.54 Å². The molecule has 0 fully saturated rings. The minimum atomic E-state index is -0.569. The number of rotatable bonds is 2. The van der Waals surface area contributed by atoms with Crippen LogP contribution in [0.1, 0.15) is 54.4 Å². The molecule has 1 atom stereocenters. The Balaban J connectivity index is 3.25. The zero-order valence-corrected chi connectivity index (χ0v) is 11.9. The molecule has 0 saturated carbocycles. The van der Waals surface area contributed by atoms with Crippen LogP contribution in [0.2, 0.25) is 0 Å². The highest BCUT2D eigenvalue weighted by Crippen LogP contribution is 2.47. The van der Waals surface area contributed by atoms with E-state index >= 15 is 0 Å². The van der Waals surface area contributed by atoms with E-state index in [4.69, 9.17) is 0 Å². The number of hydroxylamine groups is 1. The first kappa shape index (κ1) is 14.4. The second kappa shape index (κ2) is 4.23. The Labute approximate surface area is 104 Å². The molecule has 0 amide bonds. The number of aliphatic hydroxyl groups excluding tert-OH is 1. The van der Waals surface area contributed by atoms with Crippen molar-refractivity contribution in [3.63, 3.8) is 0 Å². The van der Waals surface area contributed by atoms with Crippen molar-refractivity contribution < 1.29 is 9.97 Å². The monoisotopic (exact) mass is 242 g/mol. The van der Waals surface area contributed by atoms with Crippen molar-refractivity contribution in [1.29, 1.82) is 0 Å². The summed E-state index contributed by atoms with van der Waals surface area (Å²) in [5, 5.41) is 25.7. The summed E-state index contributed by atoms with van der Waals surface area (Å²) >= 11 is 0. The molecule has 1 unspecified atom stereocenters. The van der Waals surface area contributed by atoms with E-state index in [1.165, 1.54) is 0 Å². The Morgan fingerprint density at radius 3 is 2.24 bits per heavy atom. The predicted octanol–water partition coefficient (Wildman–Crippen LogP) is 2.93. The van der Waals surface area contributed by atoms with Gasteiger partial charge in [-0.1, -0.05) is 18.7 Å². The molecule has 1 rings (SSSR count). The third-order valence-electron chi connectivity index (χ3n) is 3.96. The predicted molar refractivity (Wildman–Crippen MR) is 67.8 cm³/mol. The maximum atomic E-state index is 12.2. The Hall–Kier alpha value is -0.640. The molecule has 0 aromatic heterocycles. The zero-order valence-electron chi connectivity index (χ0n) is 11.9. The first-order valence-electron chi connectivity index (χ1n) is 6.34. The van der Waals surface area contributed by atoms with Crippen LogP contribution in [0.5, 0.6) is 0 Å². The smallest absolute Gasteiger partial charge is 0.197 e. The molecule has 0 radical (unpaired) electrons. The van der Waals surface area contributed by atoms with E-state index in [9.17, 15) is 10.3 Å². The Bertz CT molecular complexity index is 319. The van der Waals surface area contributed by atoms with Crippen molar-refractivity contribution in [2.24, 2.45) is 16.4 Å². The van der Waals surface area contributed by atoms with Crippen LogP contribution in [-0.2, 0) is 0 Å². The molecule has 4 heteroatoms. The number of nitrogens with zero attached hydrogens (tertiary/aromatic N) is 2. The van der Waals surface area contributed by atoms with Gasteiger partial charge >= 0.3 is 0 Å². The fourth-order valence-corrected chi connectivity index (χ4v) is 3.61. The topological polar surface area (TPSA) is 58.7 Å². The molecular formula is C13H26N2O2. The van der Waals surface area contributed by atoms with Crippen LogP contribution in [0.3, 0.4) is 0 Å². The van der Waals surface area contributed by atoms with Gasteiger partial charge in [0.15, 0.2) is 5.54 Å². The average Bonchev–Trinajstić information content (AvgIpc) is 2.13. The lowest BCUT2D eigenvalue weighted by atomic mass is 9.64. The summed E-state index contributed by atoms with van der Waals surface area (Å²) in [5.41, 5.74) is -0.925. The van der Waals surface area contributed by atoms with Gasteiger partial charge in [-0.05, 0) is 37.2 Å². The van der Waals surface area contributed by atoms with Gasteiger partial charge in [0.25, 0.3) is 0 Å². The summed E-state index contributed by atoms with van der Waals surface area (Å²) in [6.07, 6.45) is 1.50. The quantitative estimate of drug-likeness (QED) is 0.598. The van der Waals surface area contributed by atoms with Gasteiger partial charge in [0.05, 0.1) is 0 Å². The fraction of sp³-hybridized carbons (Fsp3) is 1.00. The minimum Gasteiger partial charge on any atom is -0.599 e. The third-order valence-corrected chi connectivity index (χ3v) is 3.96. The SMILES string of the molecule is CC1(C)CC(C)(C)C(CCO)C(C)(C)[N+]([O-])=N1. The first-order chi connectivity index (χ1) is 7.53. The molecule has 100 valence electrons. The van der Waals surface area contributed by atoms with Crippen molar-refractivity contribution >= 4 is 0 Å². The van der Waals surface area contributed by atoms with Crippen LogP contribution in [0, 0.1) is 16.5 Å². The van der Waals surface area contributed by atoms with Gasteiger partial charge in [0.2, 0.25) is 0 Å². The third kappa shape index (κ3) is 2.79. The van der Waals surface area contributed by atoms with Gasteiger partial charge in [0, 0.05) is 26.4 Å². The van der Waals surface area contributed by atoms with Crippen LogP contribution in [0.15, 0.2) is 5.11 Å². The number of aliphatic hydroxyl groups is 1. The van der Waals surface area contributed by atoms with Crippen molar-refractivity contribution in [2.75, 3.05) is 6.61 Å². The Kier molecular flexibility index (Phi) is 3.59. The normalized spacial score (nSPS) is 30.5. The molecule has 1 aliphatic heterocycles. The molecule has 0 bridgehead atoms. The maximum absolute atomic E-state index is 12.2. The Morgan fingerprint density at radius 1 is 1.24 bits per heavy atom. The molecular weight excluding hydrogens is 216 g/mol. The molecule has 0 saturated heterocycles. The van der Waals surface area contributed by atoms with Crippen LogP contribution in [0.4, 0.5) is 0 Å². The lowest BCUT2D eigenvalue weighted by Gasteiger charge is -2.39. The standard InChI is InChI=1S/C13H26N2O2/c1-11(2)9-12(3,4)14-15(17)13(5,6)10(11)7-8-16/h10,16H,7-9H2,1-6H3. The van der Waals surface area contributed by atoms with Gasteiger partial charge in [-0.25, -0.2) is 0 Å². The highest BCUT2D eigenvalue weighted by molar-refractivity contribution is 4.96. The maximum Gasteiger partial charge on any atom is 0.197 e. The van der Waals surface area contributed by atoms with E-state index in [1.807, 2.05) is 27.7 Å². The molecule has 0 aromatic carbocycles. The summed E-state index contributed by atoms with van der Waals surface area (Å²) in [6, 6.07) is 0. The van der Waals surface area contributed by atoms with Crippen LogP contribution in [0.25, 0.3) is 0 Å². The van der Waals surface area contributed by atoms with E-state index in [1.54, 1.807) is 0 Å². The average molecular weight is 242 g/mol. The van der Waals surface area contributed by atoms with Gasteiger partial charge in [-0.3, -0.25) is 0 Å². The Morgan fingerprint density at radius 2 is 1.76 bits per heavy atom. The van der Waals surface area contributed by atoms with E-state index in [0.717, 1.165) is 11.3 Å². The largest absolute Gasteiger partial charge is 0.599 e. The summed E-state index contributed by atoms with van der Waals surface area (Å²) < 4.78 is 0. The molecule has 1 aliphatic rings. The summed E-state index contributed by atoms with van der Waals surface area (Å²) in [6.45, 7) is 12.3. The number of hydrogen-bond acceptors (Lipinski definition) is 3. The van der Waals surface area contributed by atoms with E-state index in [2.05, 4.69) is 19.0 Å². The molecule has 17 heavy (non-hydrogen) atoms. The highest BCUT2D eigenvalue weighted by Gasteiger charge is 2.52. The molecule has 0 aromatic rings. The lowest BCUT2D eigenvalue weighted by Crippen LogP contribution is -2.46. The van der Waals surface area contributed by atoms with Crippen LogP contribution < -0.4 is 0 Å². The molecule has 0 spiro atoms. The van der Waals surface area contributed by atoms with Crippen LogP contribution >= 0.6 is 0 Å². The molecule has 4 nitrogen and oxygen atoms in total. The van der Waals surface area contributed by atoms with E-state index in [-0.39, 0.29) is 23.5 Å². The molecule has 0 aliphatic carbocycles. The first-order valence-corrected chi connectivity index (χ1v) is 6.34. The van der Waals surface area contributed by atoms with Gasteiger partial charge in [-0.2, -0.15) is 0 Å². The minimum absolute atomic E-state index is 0.0155. The highest BCUT2D eigenvalue weighted by atomic mass is 16.5.